The first kappa shape index (κ1) is 20.3. The van der Waals surface area contributed by atoms with Gasteiger partial charge in [-0.15, -0.1) is 4.31 Å². The molecule has 1 saturated carbocycles. The molecule has 2 heterocycles. The molecular formula is C23H23N3O4S. The first-order valence-corrected chi connectivity index (χ1v) is 11.4. The quantitative estimate of drug-likeness (QED) is 0.486. The van der Waals surface area contributed by atoms with Crippen LogP contribution < -0.4 is 11.3 Å². The predicted octanol–water partition coefficient (Wildman–Crippen LogP) is 2.40. The number of nitrogens with two attached hydrogens (primary N) is 1. The molecule has 7 nitrogen and oxygen atoms in total. The number of hydrogen-bond donors (Lipinski definition) is 1. The third-order valence-corrected chi connectivity index (χ3v) is 7.98. The highest BCUT2D eigenvalue weighted by molar-refractivity contribution is 7.89. The van der Waals surface area contributed by atoms with E-state index in [0.29, 0.717) is 27.8 Å². The summed E-state index contributed by atoms with van der Waals surface area (Å²) in [6, 6.07) is 15.7. The monoisotopic (exact) mass is 437 g/mol. The van der Waals surface area contributed by atoms with Crippen LogP contribution in [0.25, 0.3) is 10.8 Å². The second-order valence-corrected chi connectivity index (χ2v) is 9.46. The molecule has 0 radical (unpaired) electrons. The standard InChI is InChI=1S/C23H23N3O4S/c24-20-10-14-26(23(20)11-12-23)31(29)19-8-4-7-18-17(19)9-13-25(21(18)27)15-30-22(28)16-5-2-1-3-6-16/h1-9,13,20H,10-12,14-15,24H2. The van der Waals surface area contributed by atoms with Gasteiger partial charge in [-0.2, -0.15) is 0 Å². The van der Waals surface area contributed by atoms with Crippen LogP contribution in [0.1, 0.15) is 29.6 Å². The number of nitrogens with zero attached hydrogens (tertiary/aromatic N) is 2. The number of benzene rings is 2. The van der Waals surface area contributed by atoms with E-state index in [2.05, 4.69) is 0 Å². The molecule has 0 amide bonds. The lowest BCUT2D eigenvalue weighted by atomic mass is 10.1. The molecule has 2 aromatic carbocycles. The van der Waals surface area contributed by atoms with Gasteiger partial charge in [0.2, 0.25) is 0 Å². The van der Waals surface area contributed by atoms with Crippen molar-refractivity contribution in [1.82, 2.24) is 8.87 Å². The molecule has 1 saturated heterocycles. The molecule has 1 spiro atoms. The number of ether oxygens (including phenoxy) is 1. The third-order valence-electron chi connectivity index (χ3n) is 6.30. The van der Waals surface area contributed by atoms with E-state index in [1.54, 1.807) is 54.7 Å². The summed E-state index contributed by atoms with van der Waals surface area (Å²) in [5, 5.41) is 1.09. The fourth-order valence-corrected chi connectivity index (χ4v) is 6.09. The maximum Gasteiger partial charge on any atom is 0.339 e. The minimum atomic E-state index is -1.39. The van der Waals surface area contributed by atoms with E-state index >= 15 is 0 Å². The van der Waals surface area contributed by atoms with Crippen LogP contribution in [0.15, 0.2) is 70.5 Å². The van der Waals surface area contributed by atoms with E-state index in [-0.39, 0.29) is 23.9 Å². The van der Waals surface area contributed by atoms with E-state index in [9.17, 15) is 14.1 Å². The van der Waals surface area contributed by atoms with Gasteiger partial charge in [-0.1, -0.05) is 24.3 Å². The van der Waals surface area contributed by atoms with Gasteiger partial charge in [0.1, 0.15) is 0 Å². The number of aromatic nitrogens is 1. The zero-order chi connectivity index (χ0) is 21.6. The van der Waals surface area contributed by atoms with Crippen LogP contribution in [0.2, 0.25) is 0 Å². The Morgan fingerprint density at radius 3 is 2.65 bits per heavy atom. The molecule has 1 aliphatic heterocycles. The van der Waals surface area contributed by atoms with E-state index in [0.717, 1.165) is 19.3 Å². The number of fused-ring (bicyclic) bond motifs is 1. The largest absolute Gasteiger partial charge is 0.593 e. The lowest BCUT2D eigenvalue weighted by Gasteiger charge is -2.27. The van der Waals surface area contributed by atoms with Gasteiger partial charge in [0.25, 0.3) is 5.56 Å². The Balaban J connectivity index is 1.41. The molecule has 2 aliphatic rings. The summed E-state index contributed by atoms with van der Waals surface area (Å²) in [5.74, 6) is -0.498. The van der Waals surface area contributed by atoms with Gasteiger partial charge in [0, 0.05) is 24.2 Å². The van der Waals surface area contributed by atoms with Crippen LogP contribution in [0.5, 0.6) is 0 Å². The molecule has 5 rings (SSSR count). The molecular weight excluding hydrogens is 414 g/mol. The first-order chi connectivity index (χ1) is 15.0. The third kappa shape index (κ3) is 3.45. The topological polar surface area (TPSA) is 101 Å². The molecule has 160 valence electrons. The molecule has 1 aromatic heterocycles. The van der Waals surface area contributed by atoms with Crippen LogP contribution >= 0.6 is 0 Å². The van der Waals surface area contributed by atoms with Crippen molar-refractivity contribution in [2.45, 2.75) is 42.5 Å². The lowest BCUT2D eigenvalue weighted by Crippen LogP contribution is -2.44. The molecule has 1 aliphatic carbocycles. The highest BCUT2D eigenvalue weighted by atomic mass is 32.2. The summed E-state index contributed by atoms with van der Waals surface area (Å²) >= 11 is -1.39. The summed E-state index contributed by atoms with van der Waals surface area (Å²) < 4.78 is 22.1. The maximum atomic E-state index is 13.4. The Hall–Kier alpha value is -2.65. The van der Waals surface area contributed by atoms with Crippen LogP contribution in [0.3, 0.4) is 0 Å². The van der Waals surface area contributed by atoms with Crippen molar-refractivity contribution in [3.05, 3.63) is 76.7 Å². The van der Waals surface area contributed by atoms with Crippen molar-refractivity contribution in [2.75, 3.05) is 6.54 Å². The van der Waals surface area contributed by atoms with Gasteiger partial charge < -0.3 is 15.0 Å². The fourth-order valence-electron chi connectivity index (χ4n) is 4.38. The smallest absolute Gasteiger partial charge is 0.339 e. The van der Waals surface area contributed by atoms with Crippen LogP contribution in [-0.2, 0) is 22.8 Å². The van der Waals surface area contributed by atoms with Gasteiger partial charge in [-0.25, -0.2) is 4.79 Å². The molecule has 2 unspecified atom stereocenters. The average molecular weight is 438 g/mol. The molecule has 31 heavy (non-hydrogen) atoms. The molecule has 2 N–H and O–H groups in total. The number of rotatable bonds is 5. The Bertz CT molecular complexity index is 1190. The summed E-state index contributed by atoms with van der Waals surface area (Å²) in [5.41, 5.74) is 6.24. The maximum absolute atomic E-state index is 13.4. The van der Waals surface area contributed by atoms with Crippen molar-refractivity contribution < 1.29 is 14.1 Å². The molecule has 2 fully saturated rings. The number of hydrogen-bond acceptors (Lipinski definition) is 6. The van der Waals surface area contributed by atoms with Gasteiger partial charge in [-0.3, -0.25) is 9.36 Å². The van der Waals surface area contributed by atoms with Crippen molar-refractivity contribution in [3.8, 4) is 0 Å². The predicted molar refractivity (Wildman–Crippen MR) is 118 cm³/mol. The normalized spacial score (nSPS) is 20.8. The van der Waals surface area contributed by atoms with Crippen molar-refractivity contribution in [2.24, 2.45) is 5.73 Å². The second-order valence-electron chi connectivity index (χ2n) is 8.08. The molecule has 3 aromatic rings. The summed E-state index contributed by atoms with van der Waals surface area (Å²) in [7, 11) is 0. The number of carbonyl (C=O) groups is 1. The Morgan fingerprint density at radius 2 is 1.90 bits per heavy atom. The zero-order valence-electron chi connectivity index (χ0n) is 16.9. The highest BCUT2D eigenvalue weighted by Gasteiger charge is 2.61. The number of esters is 1. The highest BCUT2D eigenvalue weighted by Crippen LogP contribution is 2.51. The Labute approximate surface area is 182 Å². The van der Waals surface area contributed by atoms with E-state index in [1.165, 1.54) is 4.57 Å². The van der Waals surface area contributed by atoms with E-state index < -0.39 is 17.3 Å². The SMILES string of the molecule is NC1CCN([S+]([O-])c2cccc3c(=O)n(COC(=O)c4ccccc4)ccc23)C12CC2. The van der Waals surface area contributed by atoms with Crippen molar-refractivity contribution in [1.29, 1.82) is 0 Å². The zero-order valence-corrected chi connectivity index (χ0v) is 17.7. The van der Waals surface area contributed by atoms with Crippen molar-refractivity contribution >= 4 is 28.1 Å². The van der Waals surface area contributed by atoms with Gasteiger partial charge in [-0.05, 0) is 49.6 Å². The summed E-state index contributed by atoms with van der Waals surface area (Å²) in [6.45, 7) is 0.497. The molecule has 2 atom stereocenters. The van der Waals surface area contributed by atoms with Crippen molar-refractivity contribution in [3.63, 3.8) is 0 Å². The summed E-state index contributed by atoms with van der Waals surface area (Å²) in [4.78, 5) is 25.8. The fraction of sp³-hybridized carbons (Fsp3) is 0.304. The Kier molecular flexibility index (Phi) is 5.10. The average Bonchev–Trinajstić information content (AvgIpc) is 3.53. The van der Waals surface area contributed by atoms with Gasteiger partial charge in [0.15, 0.2) is 11.6 Å². The van der Waals surface area contributed by atoms with E-state index in [1.807, 2.05) is 10.4 Å². The van der Waals surface area contributed by atoms with E-state index in [4.69, 9.17) is 10.5 Å². The first-order valence-electron chi connectivity index (χ1n) is 10.3. The number of carbonyl (C=O) groups excluding carboxylic acids is 1. The number of pyridine rings is 1. The second kappa shape index (κ2) is 7.80. The Morgan fingerprint density at radius 1 is 1.13 bits per heavy atom. The minimum absolute atomic E-state index is 0.0444. The molecule has 8 heteroatoms. The van der Waals surface area contributed by atoms with Gasteiger partial charge >= 0.3 is 5.97 Å². The van der Waals surface area contributed by atoms with Gasteiger partial charge in [0.05, 0.1) is 27.9 Å². The summed E-state index contributed by atoms with van der Waals surface area (Å²) in [6.07, 6.45) is 4.33. The lowest BCUT2D eigenvalue weighted by molar-refractivity contribution is 0.0367. The van der Waals surface area contributed by atoms with Crippen LogP contribution in [0.4, 0.5) is 0 Å². The van der Waals surface area contributed by atoms with Crippen LogP contribution in [0, 0.1) is 0 Å². The minimum Gasteiger partial charge on any atom is -0.593 e. The van der Waals surface area contributed by atoms with Crippen LogP contribution in [-0.4, -0.2) is 37.5 Å². The molecule has 0 bridgehead atoms.